The lowest BCUT2D eigenvalue weighted by Gasteiger charge is -2.12. The van der Waals surface area contributed by atoms with Crippen LogP contribution in [0.25, 0.3) is 0 Å². The van der Waals surface area contributed by atoms with E-state index in [9.17, 15) is 4.39 Å². The van der Waals surface area contributed by atoms with Crippen molar-refractivity contribution in [3.8, 4) is 5.75 Å². The van der Waals surface area contributed by atoms with Gasteiger partial charge >= 0.3 is 0 Å². The van der Waals surface area contributed by atoms with Crippen LogP contribution in [-0.4, -0.2) is 6.61 Å². The fourth-order valence-corrected chi connectivity index (χ4v) is 3.21. The van der Waals surface area contributed by atoms with E-state index in [1.807, 2.05) is 6.07 Å². The normalized spacial score (nSPS) is 12.9. The zero-order valence-corrected chi connectivity index (χ0v) is 13.7. The predicted octanol–water partition coefficient (Wildman–Crippen LogP) is 4.90. The van der Waals surface area contributed by atoms with Crippen LogP contribution in [0.5, 0.6) is 5.75 Å². The molecule has 0 unspecified atom stereocenters. The molecule has 1 aliphatic heterocycles. The van der Waals surface area contributed by atoms with Gasteiger partial charge in [-0.3, -0.25) is 0 Å². The lowest BCUT2D eigenvalue weighted by molar-refractivity contribution is 0.354. The highest BCUT2D eigenvalue weighted by molar-refractivity contribution is 9.10. The van der Waals surface area contributed by atoms with Gasteiger partial charge in [-0.15, -0.1) is 0 Å². The molecule has 0 saturated carbocycles. The van der Waals surface area contributed by atoms with Gasteiger partial charge in [0.1, 0.15) is 11.6 Å². The fraction of sp³-hybridized carbons (Fsp3) is 0.200. The van der Waals surface area contributed by atoms with Crippen LogP contribution >= 0.6 is 31.9 Å². The molecule has 0 aliphatic carbocycles. The number of nitrogens with one attached hydrogen (secondary N) is 1. The lowest BCUT2D eigenvalue weighted by Crippen LogP contribution is -2.03. The van der Waals surface area contributed by atoms with Crippen molar-refractivity contribution >= 4 is 37.5 Å². The average Bonchev–Trinajstić information content (AvgIpc) is 2.87. The Hall–Kier alpha value is -1.07. The maximum atomic E-state index is 13.7. The van der Waals surface area contributed by atoms with E-state index in [1.54, 1.807) is 12.1 Å². The summed E-state index contributed by atoms with van der Waals surface area (Å²) in [6.45, 7) is 1.24. The summed E-state index contributed by atoms with van der Waals surface area (Å²) in [5.74, 6) is 0.664. The maximum absolute atomic E-state index is 13.7. The second kappa shape index (κ2) is 5.74. The van der Waals surface area contributed by atoms with E-state index in [2.05, 4.69) is 43.2 Å². The van der Waals surface area contributed by atoms with E-state index < -0.39 is 0 Å². The Kier molecular flexibility index (Phi) is 3.98. The molecule has 3 rings (SSSR count). The third-order valence-electron chi connectivity index (χ3n) is 3.22. The first kappa shape index (κ1) is 13.9. The summed E-state index contributed by atoms with van der Waals surface area (Å²) in [6, 6.07) is 8.93. The zero-order chi connectivity index (χ0) is 14.1. The average molecular weight is 401 g/mol. The standard InChI is InChI=1S/C15H12Br2FNO/c16-11-1-2-13(18)14(7-11)19-8-10-6-12(17)5-9-3-4-20-15(9)10/h1-2,5-7,19H,3-4,8H2. The first-order valence-electron chi connectivity index (χ1n) is 6.26. The van der Waals surface area contributed by atoms with Gasteiger partial charge in [-0.05, 0) is 35.9 Å². The highest BCUT2D eigenvalue weighted by Gasteiger charge is 2.17. The maximum Gasteiger partial charge on any atom is 0.146 e. The van der Waals surface area contributed by atoms with Crippen LogP contribution in [0, 0.1) is 5.82 Å². The Labute approximate surface area is 133 Å². The Balaban J connectivity index is 1.84. The van der Waals surface area contributed by atoms with Crippen molar-refractivity contribution in [1.29, 1.82) is 0 Å². The Morgan fingerprint density at radius 3 is 2.85 bits per heavy atom. The highest BCUT2D eigenvalue weighted by atomic mass is 79.9. The van der Waals surface area contributed by atoms with Crippen molar-refractivity contribution in [1.82, 2.24) is 0 Å². The predicted molar refractivity (Wildman–Crippen MR) is 84.8 cm³/mol. The first-order valence-corrected chi connectivity index (χ1v) is 7.85. The molecule has 1 heterocycles. The molecular formula is C15H12Br2FNO. The van der Waals surface area contributed by atoms with Gasteiger partial charge in [0.2, 0.25) is 0 Å². The number of hydrogen-bond acceptors (Lipinski definition) is 2. The molecule has 1 N–H and O–H groups in total. The molecule has 0 amide bonds. The van der Waals surface area contributed by atoms with E-state index in [0.29, 0.717) is 18.8 Å². The van der Waals surface area contributed by atoms with Gasteiger partial charge in [-0.2, -0.15) is 0 Å². The number of rotatable bonds is 3. The third kappa shape index (κ3) is 2.83. The SMILES string of the molecule is Fc1ccc(Br)cc1NCc1cc(Br)cc2c1OCC2. The molecule has 2 aromatic rings. The van der Waals surface area contributed by atoms with Gasteiger partial charge in [-0.1, -0.05) is 31.9 Å². The zero-order valence-electron chi connectivity index (χ0n) is 10.6. The summed E-state index contributed by atoms with van der Waals surface area (Å²) in [6.07, 6.45) is 0.924. The largest absolute Gasteiger partial charge is 0.493 e. The topological polar surface area (TPSA) is 21.3 Å². The monoisotopic (exact) mass is 399 g/mol. The van der Waals surface area contributed by atoms with Crippen molar-refractivity contribution in [2.45, 2.75) is 13.0 Å². The quantitative estimate of drug-likeness (QED) is 0.791. The summed E-state index contributed by atoms with van der Waals surface area (Å²) in [7, 11) is 0. The van der Waals surface area contributed by atoms with Crippen LogP contribution in [0.2, 0.25) is 0 Å². The fourth-order valence-electron chi connectivity index (χ4n) is 2.30. The molecule has 1 aliphatic rings. The van der Waals surface area contributed by atoms with Crippen LogP contribution < -0.4 is 10.1 Å². The number of benzene rings is 2. The van der Waals surface area contributed by atoms with E-state index in [4.69, 9.17) is 4.74 Å². The third-order valence-corrected chi connectivity index (χ3v) is 4.17. The van der Waals surface area contributed by atoms with E-state index in [-0.39, 0.29) is 5.82 Å². The second-order valence-corrected chi connectivity index (χ2v) is 6.46. The van der Waals surface area contributed by atoms with Crippen molar-refractivity contribution < 1.29 is 9.13 Å². The van der Waals surface area contributed by atoms with Crippen LogP contribution in [0.15, 0.2) is 39.3 Å². The molecule has 0 saturated heterocycles. The molecule has 5 heteroatoms. The Morgan fingerprint density at radius 1 is 1.15 bits per heavy atom. The Morgan fingerprint density at radius 2 is 2.00 bits per heavy atom. The highest BCUT2D eigenvalue weighted by Crippen LogP contribution is 2.33. The van der Waals surface area contributed by atoms with Crippen molar-refractivity contribution in [3.05, 3.63) is 56.2 Å². The van der Waals surface area contributed by atoms with Gasteiger partial charge < -0.3 is 10.1 Å². The molecule has 0 aromatic heterocycles. The van der Waals surface area contributed by atoms with Gasteiger partial charge in [-0.25, -0.2) is 4.39 Å². The molecule has 2 aromatic carbocycles. The second-order valence-electron chi connectivity index (χ2n) is 4.63. The molecular weight excluding hydrogens is 389 g/mol. The molecule has 0 bridgehead atoms. The number of halogens is 3. The molecule has 104 valence electrons. The lowest BCUT2D eigenvalue weighted by atomic mass is 10.1. The minimum atomic E-state index is -0.263. The Bertz CT molecular complexity index is 661. The number of anilines is 1. The molecule has 0 fully saturated rings. The minimum Gasteiger partial charge on any atom is -0.493 e. The molecule has 0 radical (unpaired) electrons. The van der Waals surface area contributed by atoms with Crippen LogP contribution in [0.1, 0.15) is 11.1 Å². The molecule has 0 spiro atoms. The van der Waals surface area contributed by atoms with E-state index >= 15 is 0 Å². The summed E-state index contributed by atoms with van der Waals surface area (Å²) in [5.41, 5.74) is 2.71. The number of ether oxygens (including phenoxy) is 1. The van der Waals surface area contributed by atoms with E-state index in [0.717, 1.165) is 26.7 Å². The summed E-state index contributed by atoms with van der Waals surface area (Å²) in [4.78, 5) is 0. The summed E-state index contributed by atoms with van der Waals surface area (Å²) >= 11 is 6.85. The number of fused-ring (bicyclic) bond motifs is 1. The molecule has 2 nitrogen and oxygen atoms in total. The van der Waals surface area contributed by atoms with Gasteiger partial charge in [0.25, 0.3) is 0 Å². The summed E-state index contributed by atoms with van der Waals surface area (Å²) in [5, 5.41) is 3.12. The van der Waals surface area contributed by atoms with Crippen molar-refractivity contribution in [3.63, 3.8) is 0 Å². The molecule has 20 heavy (non-hydrogen) atoms. The minimum absolute atomic E-state index is 0.263. The van der Waals surface area contributed by atoms with E-state index in [1.165, 1.54) is 11.6 Å². The summed E-state index contributed by atoms with van der Waals surface area (Å²) < 4.78 is 21.2. The molecule has 0 atom stereocenters. The smallest absolute Gasteiger partial charge is 0.146 e. The van der Waals surface area contributed by atoms with Crippen molar-refractivity contribution in [2.24, 2.45) is 0 Å². The number of hydrogen-bond donors (Lipinski definition) is 1. The van der Waals surface area contributed by atoms with Crippen LogP contribution in [0.4, 0.5) is 10.1 Å². The first-order chi connectivity index (χ1) is 9.63. The van der Waals surface area contributed by atoms with Gasteiger partial charge in [0.05, 0.1) is 12.3 Å². The van der Waals surface area contributed by atoms with Gasteiger partial charge in [0, 0.05) is 27.5 Å². The van der Waals surface area contributed by atoms with Gasteiger partial charge in [0.15, 0.2) is 0 Å². The van der Waals surface area contributed by atoms with Crippen molar-refractivity contribution in [2.75, 3.05) is 11.9 Å². The van der Waals surface area contributed by atoms with Crippen LogP contribution in [0.3, 0.4) is 0 Å². The van der Waals surface area contributed by atoms with Crippen LogP contribution in [-0.2, 0) is 13.0 Å².